The molecule has 4 heteroatoms. The van der Waals surface area contributed by atoms with Crippen molar-refractivity contribution < 1.29 is 9.59 Å². The molecule has 2 aromatic rings. The van der Waals surface area contributed by atoms with Crippen molar-refractivity contribution in [3.05, 3.63) is 71.3 Å². The van der Waals surface area contributed by atoms with Gasteiger partial charge in [0.15, 0.2) is 0 Å². The average Bonchev–Trinajstić information content (AvgIpc) is 2.68. The Morgan fingerprint density at radius 1 is 1.00 bits per heavy atom. The Labute approximate surface area is 169 Å². The highest BCUT2D eigenvalue weighted by molar-refractivity contribution is 5.88. The number of hydrogen-bond acceptors (Lipinski definition) is 2. The lowest BCUT2D eigenvalue weighted by atomic mass is 10.1. The SMILES string of the molecule is CC[C@@H](C)NC(=O)[C@@H](C)N(CCc1ccccc1)C(=O)Cc1cccc(C)c1. The lowest BCUT2D eigenvalue weighted by Crippen LogP contribution is -2.50. The number of rotatable bonds is 9. The van der Waals surface area contributed by atoms with E-state index in [1.807, 2.05) is 82.3 Å². The van der Waals surface area contributed by atoms with Gasteiger partial charge in [-0.25, -0.2) is 0 Å². The maximum absolute atomic E-state index is 13.1. The number of nitrogens with zero attached hydrogens (tertiary/aromatic N) is 1. The maximum Gasteiger partial charge on any atom is 0.242 e. The molecule has 0 spiro atoms. The highest BCUT2D eigenvalue weighted by Gasteiger charge is 2.26. The Morgan fingerprint density at radius 3 is 2.32 bits per heavy atom. The molecule has 0 saturated carbocycles. The van der Waals surface area contributed by atoms with Gasteiger partial charge in [0.05, 0.1) is 6.42 Å². The molecular formula is C24H32N2O2. The fourth-order valence-electron chi connectivity index (χ4n) is 3.13. The second kappa shape index (κ2) is 10.6. The predicted octanol–water partition coefficient (Wildman–Crippen LogP) is 3.91. The number of carbonyl (C=O) groups is 2. The lowest BCUT2D eigenvalue weighted by Gasteiger charge is -2.30. The molecule has 0 heterocycles. The molecule has 0 unspecified atom stereocenters. The van der Waals surface area contributed by atoms with E-state index in [1.165, 1.54) is 0 Å². The topological polar surface area (TPSA) is 49.4 Å². The number of benzene rings is 2. The summed E-state index contributed by atoms with van der Waals surface area (Å²) < 4.78 is 0. The third-order valence-electron chi connectivity index (χ3n) is 5.09. The highest BCUT2D eigenvalue weighted by Crippen LogP contribution is 2.11. The van der Waals surface area contributed by atoms with Gasteiger partial charge < -0.3 is 10.2 Å². The zero-order valence-electron chi connectivity index (χ0n) is 17.4. The van der Waals surface area contributed by atoms with Gasteiger partial charge in [0.2, 0.25) is 11.8 Å². The van der Waals surface area contributed by atoms with Crippen LogP contribution in [0, 0.1) is 6.92 Å². The van der Waals surface area contributed by atoms with Crippen molar-refractivity contribution in [1.82, 2.24) is 10.2 Å². The van der Waals surface area contributed by atoms with Crippen molar-refractivity contribution in [2.45, 2.75) is 59.0 Å². The second-order valence-corrected chi connectivity index (χ2v) is 7.48. The van der Waals surface area contributed by atoms with Gasteiger partial charge >= 0.3 is 0 Å². The standard InChI is InChI=1S/C24H32N2O2/c1-5-19(3)25-24(28)20(4)26(15-14-21-11-7-6-8-12-21)23(27)17-22-13-9-10-18(2)16-22/h6-13,16,19-20H,5,14-15,17H2,1-4H3,(H,25,28)/t19-,20-/m1/s1. The zero-order valence-corrected chi connectivity index (χ0v) is 17.4. The summed E-state index contributed by atoms with van der Waals surface area (Å²) in [6.07, 6.45) is 1.89. The first kappa shape index (κ1) is 21.7. The van der Waals surface area contributed by atoms with Crippen LogP contribution in [0.25, 0.3) is 0 Å². The van der Waals surface area contributed by atoms with Gasteiger partial charge in [-0.15, -0.1) is 0 Å². The van der Waals surface area contributed by atoms with Gasteiger partial charge in [0.25, 0.3) is 0 Å². The van der Waals surface area contributed by atoms with E-state index in [0.717, 1.165) is 29.5 Å². The molecule has 28 heavy (non-hydrogen) atoms. The molecule has 0 radical (unpaired) electrons. The van der Waals surface area contributed by atoms with Crippen molar-refractivity contribution >= 4 is 11.8 Å². The molecule has 0 aliphatic rings. The smallest absolute Gasteiger partial charge is 0.242 e. The summed E-state index contributed by atoms with van der Waals surface area (Å²) in [5, 5.41) is 3.00. The van der Waals surface area contributed by atoms with Crippen molar-refractivity contribution in [3.8, 4) is 0 Å². The second-order valence-electron chi connectivity index (χ2n) is 7.48. The van der Waals surface area contributed by atoms with Crippen LogP contribution in [0.5, 0.6) is 0 Å². The first-order valence-corrected chi connectivity index (χ1v) is 10.1. The van der Waals surface area contributed by atoms with Crippen molar-refractivity contribution in [2.75, 3.05) is 6.54 Å². The van der Waals surface area contributed by atoms with Crippen LogP contribution in [0.15, 0.2) is 54.6 Å². The number of aryl methyl sites for hydroxylation is 1. The molecule has 2 aromatic carbocycles. The van der Waals surface area contributed by atoms with Crippen LogP contribution in [0.1, 0.15) is 43.9 Å². The van der Waals surface area contributed by atoms with E-state index in [0.29, 0.717) is 13.0 Å². The summed E-state index contributed by atoms with van der Waals surface area (Å²) in [5.41, 5.74) is 3.26. The third kappa shape index (κ3) is 6.52. The molecule has 0 aliphatic carbocycles. The van der Waals surface area contributed by atoms with Crippen LogP contribution in [-0.4, -0.2) is 35.3 Å². The normalized spacial score (nSPS) is 12.9. The van der Waals surface area contributed by atoms with Crippen LogP contribution in [0.2, 0.25) is 0 Å². The Balaban J connectivity index is 2.13. The van der Waals surface area contributed by atoms with Gasteiger partial charge in [-0.05, 0) is 44.7 Å². The first-order chi connectivity index (χ1) is 13.4. The summed E-state index contributed by atoms with van der Waals surface area (Å²) in [6, 6.07) is 17.6. The van der Waals surface area contributed by atoms with Crippen LogP contribution < -0.4 is 5.32 Å². The summed E-state index contributed by atoms with van der Waals surface area (Å²) in [7, 11) is 0. The summed E-state index contributed by atoms with van der Waals surface area (Å²) in [5.74, 6) is -0.117. The summed E-state index contributed by atoms with van der Waals surface area (Å²) >= 11 is 0. The van der Waals surface area contributed by atoms with Crippen molar-refractivity contribution in [2.24, 2.45) is 0 Å². The fraction of sp³-hybridized carbons (Fsp3) is 0.417. The van der Waals surface area contributed by atoms with Crippen molar-refractivity contribution in [3.63, 3.8) is 0 Å². The molecule has 0 bridgehead atoms. The fourth-order valence-corrected chi connectivity index (χ4v) is 3.13. The largest absolute Gasteiger partial charge is 0.352 e. The predicted molar refractivity (Wildman–Crippen MR) is 114 cm³/mol. The molecule has 2 atom stereocenters. The van der Waals surface area contributed by atoms with Gasteiger partial charge in [-0.2, -0.15) is 0 Å². The minimum Gasteiger partial charge on any atom is -0.352 e. The van der Waals surface area contributed by atoms with Gasteiger partial charge in [-0.3, -0.25) is 9.59 Å². The van der Waals surface area contributed by atoms with E-state index in [-0.39, 0.29) is 17.9 Å². The number of nitrogens with one attached hydrogen (secondary N) is 1. The van der Waals surface area contributed by atoms with E-state index in [2.05, 4.69) is 5.32 Å². The van der Waals surface area contributed by atoms with E-state index in [9.17, 15) is 9.59 Å². The molecule has 0 aliphatic heterocycles. The molecule has 4 nitrogen and oxygen atoms in total. The maximum atomic E-state index is 13.1. The van der Waals surface area contributed by atoms with E-state index in [4.69, 9.17) is 0 Å². The lowest BCUT2D eigenvalue weighted by molar-refractivity contribution is -0.139. The first-order valence-electron chi connectivity index (χ1n) is 10.1. The minimum absolute atomic E-state index is 0.0201. The van der Waals surface area contributed by atoms with E-state index in [1.54, 1.807) is 4.90 Å². The number of amides is 2. The number of hydrogen-bond donors (Lipinski definition) is 1. The minimum atomic E-state index is -0.505. The highest BCUT2D eigenvalue weighted by atomic mass is 16.2. The van der Waals surface area contributed by atoms with Crippen molar-refractivity contribution in [1.29, 1.82) is 0 Å². The molecule has 2 amide bonds. The molecule has 0 fully saturated rings. The summed E-state index contributed by atoms with van der Waals surface area (Å²) in [6.45, 7) is 8.36. The third-order valence-corrected chi connectivity index (χ3v) is 5.09. The number of carbonyl (C=O) groups excluding carboxylic acids is 2. The molecule has 0 aromatic heterocycles. The molecule has 1 N–H and O–H groups in total. The van der Waals surface area contributed by atoms with E-state index < -0.39 is 6.04 Å². The molecule has 150 valence electrons. The Hall–Kier alpha value is -2.62. The Kier molecular flexibility index (Phi) is 8.24. The average molecular weight is 381 g/mol. The monoisotopic (exact) mass is 380 g/mol. The van der Waals surface area contributed by atoms with Crippen LogP contribution in [0.4, 0.5) is 0 Å². The molecular weight excluding hydrogens is 348 g/mol. The van der Waals surface area contributed by atoms with Crippen LogP contribution in [-0.2, 0) is 22.4 Å². The Bertz CT molecular complexity index is 773. The zero-order chi connectivity index (χ0) is 20.5. The van der Waals surface area contributed by atoms with Gasteiger partial charge in [0, 0.05) is 12.6 Å². The quantitative estimate of drug-likeness (QED) is 0.717. The van der Waals surface area contributed by atoms with Gasteiger partial charge in [0.1, 0.15) is 6.04 Å². The Morgan fingerprint density at radius 2 is 1.68 bits per heavy atom. The van der Waals surface area contributed by atoms with Crippen LogP contribution >= 0.6 is 0 Å². The van der Waals surface area contributed by atoms with Crippen LogP contribution in [0.3, 0.4) is 0 Å². The summed E-state index contributed by atoms with van der Waals surface area (Å²) in [4.78, 5) is 27.5. The molecule has 0 saturated heterocycles. The van der Waals surface area contributed by atoms with E-state index >= 15 is 0 Å². The van der Waals surface area contributed by atoms with Gasteiger partial charge in [-0.1, -0.05) is 67.1 Å². The molecule has 2 rings (SSSR count).